The van der Waals surface area contributed by atoms with Crippen LogP contribution in [0.25, 0.3) is 10.4 Å². The molecule has 2 rings (SSSR count). The number of nitrogen functional groups attached to an aromatic ring is 1. The van der Waals surface area contributed by atoms with E-state index in [0.717, 1.165) is 10.4 Å². The zero-order valence-corrected chi connectivity index (χ0v) is 9.84. The van der Waals surface area contributed by atoms with Gasteiger partial charge in [-0.2, -0.15) is 0 Å². The highest BCUT2D eigenvalue weighted by atomic mass is 32.1. The third-order valence-corrected chi connectivity index (χ3v) is 3.12. The Morgan fingerprint density at radius 1 is 1.53 bits per heavy atom. The van der Waals surface area contributed by atoms with E-state index in [1.54, 1.807) is 12.3 Å². The van der Waals surface area contributed by atoms with Crippen LogP contribution in [0.3, 0.4) is 0 Å². The number of nitrogens with one attached hydrogen (secondary N) is 1. The van der Waals surface area contributed by atoms with E-state index in [0.29, 0.717) is 5.13 Å². The molecule has 0 fully saturated rings. The number of aromatic nitrogens is 1. The van der Waals surface area contributed by atoms with Gasteiger partial charge in [0, 0.05) is 13.2 Å². The standard InChI is InChI=1S/C11H10FN3OS/c1-14-10(16)7-4-6(2-3-8(7)12)9-5-15-11(13)17-9/h2-5H,1H3,(H2,13,15)(H,14,16). The van der Waals surface area contributed by atoms with Crippen LogP contribution < -0.4 is 11.1 Å². The average Bonchev–Trinajstić information content (AvgIpc) is 2.75. The number of hydrogen-bond donors (Lipinski definition) is 2. The van der Waals surface area contributed by atoms with Crippen molar-refractivity contribution in [1.29, 1.82) is 0 Å². The molecule has 2 aromatic rings. The van der Waals surface area contributed by atoms with Crippen molar-refractivity contribution in [3.8, 4) is 10.4 Å². The zero-order valence-electron chi connectivity index (χ0n) is 9.03. The Morgan fingerprint density at radius 3 is 2.88 bits per heavy atom. The van der Waals surface area contributed by atoms with Crippen molar-refractivity contribution in [3.05, 3.63) is 35.8 Å². The first-order chi connectivity index (χ1) is 8.11. The predicted octanol–water partition coefficient (Wildman–Crippen LogP) is 1.89. The molecule has 0 aliphatic heterocycles. The molecule has 0 saturated heterocycles. The van der Waals surface area contributed by atoms with Gasteiger partial charge in [0.1, 0.15) is 5.82 Å². The molecule has 4 nitrogen and oxygen atoms in total. The number of halogens is 1. The van der Waals surface area contributed by atoms with Crippen LogP contribution in [0.4, 0.5) is 9.52 Å². The Bertz CT molecular complexity index is 568. The van der Waals surface area contributed by atoms with Crippen LogP contribution in [-0.2, 0) is 0 Å². The minimum Gasteiger partial charge on any atom is -0.375 e. The van der Waals surface area contributed by atoms with Crippen LogP contribution in [0.2, 0.25) is 0 Å². The highest BCUT2D eigenvalue weighted by Crippen LogP contribution is 2.28. The second kappa shape index (κ2) is 4.50. The number of nitrogens with zero attached hydrogens (tertiary/aromatic N) is 1. The van der Waals surface area contributed by atoms with E-state index in [1.807, 2.05) is 0 Å². The summed E-state index contributed by atoms with van der Waals surface area (Å²) in [5, 5.41) is 2.83. The van der Waals surface area contributed by atoms with Crippen LogP contribution in [-0.4, -0.2) is 17.9 Å². The molecule has 0 atom stereocenters. The Morgan fingerprint density at radius 2 is 2.29 bits per heavy atom. The molecule has 6 heteroatoms. The van der Waals surface area contributed by atoms with Crippen molar-refractivity contribution >= 4 is 22.4 Å². The third-order valence-electron chi connectivity index (χ3n) is 2.25. The number of anilines is 1. The molecule has 1 amide bonds. The summed E-state index contributed by atoms with van der Waals surface area (Å²) in [4.78, 5) is 16.1. The van der Waals surface area contributed by atoms with Gasteiger partial charge in [-0.1, -0.05) is 17.4 Å². The molecule has 0 unspecified atom stereocenters. The van der Waals surface area contributed by atoms with Gasteiger partial charge in [0.05, 0.1) is 10.4 Å². The van der Waals surface area contributed by atoms with Gasteiger partial charge in [0.15, 0.2) is 5.13 Å². The molecule has 1 aromatic carbocycles. The first-order valence-electron chi connectivity index (χ1n) is 4.85. The minimum absolute atomic E-state index is 0.0111. The molecule has 88 valence electrons. The summed E-state index contributed by atoms with van der Waals surface area (Å²) >= 11 is 1.29. The number of thiazole rings is 1. The second-order valence-electron chi connectivity index (χ2n) is 3.34. The quantitative estimate of drug-likeness (QED) is 0.856. The van der Waals surface area contributed by atoms with Crippen LogP contribution in [0, 0.1) is 5.82 Å². The van der Waals surface area contributed by atoms with Crippen molar-refractivity contribution in [2.24, 2.45) is 0 Å². The summed E-state index contributed by atoms with van der Waals surface area (Å²) in [6.07, 6.45) is 1.60. The normalized spacial score (nSPS) is 10.2. The van der Waals surface area contributed by atoms with Gasteiger partial charge in [0.2, 0.25) is 0 Å². The molecule has 1 heterocycles. The molecular formula is C11H10FN3OS. The van der Waals surface area contributed by atoms with E-state index in [-0.39, 0.29) is 5.56 Å². The third kappa shape index (κ3) is 2.26. The molecule has 0 aliphatic rings. The largest absolute Gasteiger partial charge is 0.375 e. The van der Waals surface area contributed by atoms with Crippen LogP contribution in [0.1, 0.15) is 10.4 Å². The highest BCUT2D eigenvalue weighted by Gasteiger charge is 2.12. The lowest BCUT2D eigenvalue weighted by molar-refractivity contribution is 0.0959. The maximum atomic E-state index is 13.4. The van der Waals surface area contributed by atoms with E-state index in [9.17, 15) is 9.18 Å². The lowest BCUT2D eigenvalue weighted by Crippen LogP contribution is -2.19. The Kier molecular flexibility index (Phi) is 3.06. The van der Waals surface area contributed by atoms with E-state index < -0.39 is 11.7 Å². The Hall–Kier alpha value is -1.95. The number of benzene rings is 1. The van der Waals surface area contributed by atoms with Gasteiger partial charge in [0.25, 0.3) is 5.91 Å². The number of amides is 1. The van der Waals surface area contributed by atoms with Crippen LogP contribution in [0.5, 0.6) is 0 Å². The zero-order chi connectivity index (χ0) is 12.4. The van der Waals surface area contributed by atoms with Gasteiger partial charge < -0.3 is 11.1 Å². The van der Waals surface area contributed by atoms with Crippen molar-refractivity contribution < 1.29 is 9.18 Å². The van der Waals surface area contributed by atoms with Crippen molar-refractivity contribution in [1.82, 2.24) is 10.3 Å². The van der Waals surface area contributed by atoms with Gasteiger partial charge in [-0.05, 0) is 17.7 Å². The summed E-state index contributed by atoms with van der Waals surface area (Å²) < 4.78 is 13.4. The molecule has 1 aromatic heterocycles. The van der Waals surface area contributed by atoms with Crippen molar-refractivity contribution in [2.45, 2.75) is 0 Å². The molecule has 0 aliphatic carbocycles. The number of carbonyl (C=O) groups is 1. The second-order valence-corrected chi connectivity index (χ2v) is 4.40. The monoisotopic (exact) mass is 251 g/mol. The van der Waals surface area contributed by atoms with Crippen LogP contribution in [0.15, 0.2) is 24.4 Å². The Balaban J connectivity index is 2.47. The number of carbonyl (C=O) groups excluding carboxylic acids is 1. The molecule has 0 saturated carbocycles. The van der Waals surface area contributed by atoms with Gasteiger partial charge in [-0.3, -0.25) is 4.79 Å². The number of nitrogens with two attached hydrogens (primary N) is 1. The first kappa shape index (κ1) is 11.5. The SMILES string of the molecule is CNC(=O)c1cc(-c2cnc(N)s2)ccc1F. The molecule has 17 heavy (non-hydrogen) atoms. The molecule has 3 N–H and O–H groups in total. The summed E-state index contributed by atoms with van der Waals surface area (Å²) in [7, 11) is 1.46. The number of hydrogen-bond acceptors (Lipinski definition) is 4. The fraction of sp³-hybridized carbons (Fsp3) is 0.0909. The topological polar surface area (TPSA) is 68.0 Å². The van der Waals surface area contributed by atoms with Crippen LogP contribution >= 0.6 is 11.3 Å². The van der Waals surface area contributed by atoms with E-state index in [4.69, 9.17) is 5.73 Å². The average molecular weight is 251 g/mol. The minimum atomic E-state index is -0.550. The molecule has 0 bridgehead atoms. The summed E-state index contributed by atoms with van der Waals surface area (Å²) in [6.45, 7) is 0. The lowest BCUT2D eigenvalue weighted by atomic mass is 10.1. The highest BCUT2D eigenvalue weighted by molar-refractivity contribution is 7.18. The molecular weight excluding hydrogens is 241 g/mol. The first-order valence-corrected chi connectivity index (χ1v) is 5.67. The lowest BCUT2D eigenvalue weighted by Gasteiger charge is -2.03. The van der Waals surface area contributed by atoms with Gasteiger partial charge in [-0.25, -0.2) is 9.37 Å². The van der Waals surface area contributed by atoms with E-state index in [1.165, 1.54) is 30.5 Å². The summed E-state index contributed by atoms with van der Waals surface area (Å²) in [6, 6.07) is 4.34. The van der Waals surface area contributed by atoms with Crippen molar-refractivity contribution in [3.63, 3.8) is 0 Å². The summed E-state index contributed by atoms with van der Waals surface area (Å²) in [5.74, 6) is -1.01. The molecule has 0 radical (unpaired) electrons. The van der Waals surface area contributed by atoms with E-state index >= 15 is 0 Å². The van der Waals surface area contributed by atoms with E-state index in [2.05, 4.69) is 10.3 Å². The van der Waals surface area contributed by atoms with Gasteiger partial charge in [-0.15, -0.1) is 0 Å². The smallest absolute Gasteiger partial charge is 0.254 e. The maximum Gasteiger partial charge on any atom is 0.254 e. The predicted molar refractivity (Wildman–Crippen MR) is 65.3 cm³/mol. The fourth-order valence-corrected chi connectivity index (χ4v) is 2.09. The summed E-state index contributed by atoms with van der Waals surface area (Å²) in [5.41, 5.74) is 6.26. The maximum absolute atomic E-state index is 13.4. The van der Waals surface area contributed by atoms with Crippen molar-refractivity contribution in [2.75, 3.05) is 12.8 Å². The fourth-order valence-electron chi connectivity index (χ4n) is 1.41. The number of rotatable bonds is 2. The Labute approximate surface area is 101 Å². The van der Waals surface area contributed by atoms with Gasteiger partial charge >= 0.3 is 0 Å². The molecule has 0 spiro atoms.